The van der Waals surface area contributed by atoms with Gasteiger partial charge < -0.3 is 14.2 Å². The SMILES string of the molecule is COc1ccccc1C(C)NS(=O)(=O)c1ccc2c(c1)OCCO2. The van der Waals surface area contributed by atoms with Crippen LogP contribution in [0.4, 0.5) is 0 Å². The number of rotatable bonds is 5. The Balaban J connectivity index is 1.86. The van der Waals surface area contributed by atoms with Crippen LogP contribution >= 0.6 is 0 Å². The summed E-state index contributed by atoms with van der Waals surface area (Å²) >= 11 is 0. The van der Waals surface area contributed by atoms with Gasteiger partial charge in [-0.05, 0) is 25.1 Å². The number of benzene rings is 2. The summed E-state index contributed by atoms with van der Waals surface area (Å²) in [5, 5.41) is 0. The van der Waals surface area contributed by atoms with E-state index in [1.807, 2.05) is 18.2 Å². The minimum atomic E-state index is -3.71. The predicted molar refractivity (Wildman–Crippen MR) is 89.2 cm³/mol. The van der Waals surface area contributed by atoms with E-state index in [4.69, 9.17) is 14.2 Å². The largest absolute Gasteiger partial charge is 0.496 e. The lowest BCUT2D eigenvalue weighted by molar-refractivity contribution is 0.171. The maximum atomic E-state index is 12.7. The molecule has 0 aliphatic carbocycles. The van der Waals surface area contributed by atoms with Crippen molar-refractivity contribution in [1.82, 2.24) is 4.72 Å². The first-order chi connectivity index (χ1) is 11.5. The van der Waals surface area contributed by atoms with Crippen LogP contribution in [-0.4, -0.2) is 28.7 Å². The molecular weight excluding hydrogens is 330 g/mol. The van der Waals surface area contributed by atoms with Crippen LogP contribution in [0, 0.1) is 0 Å². The number of hydrogen-bond donors (Lipinski definition) is 1. The molecule has 3 rings (SSSR count). The molecule has 1 heterocycles. The van der Waals surface area contributed by atoms with Crippen molar-refractivity contribution >= 4 is 10.0 Å². The number of para-hydroxylation sites is 1. The molecule has 1 unspecified atom stereocenters. The molecule has 24 heavy (non-hydrogen) atoms. The van der Waals surface area contributed by atoms with E-state index >= 15 is 0 Å². The van der Waals surface area contributed by atoms with Crippen LogP contribution in [0.25, 0.3) is 0 Å². The second-order valence-electron chi connectivity index (χ2n) is 5.39. The topological polar surface area (TPSA) is 73.9 Å². The molecule has 0 spiro atoms. The van der Waals surface area contributed by atoms with Gasteiger partial charge in [0.05, 0.1) is 12.0 Å². The summed E-state index contributed by atoms with van der Waals surface area (Å²) in [7, 11) is -2.15. The van der Waals surface area contributed by atoms with Crippen LogP contribution in [0.1, 0.15) is 18.5 Å². The Labute approximate surface area is 141 Å². The molecule has 2 aromatic rings. The van der Waals surface area contributed by atoms with Crippen molar-refractivity contribution in [2.24, 2.45) is 0 Å². The average molecular weight is 349 g/mol. The lowest BCUT2D eigenvalue weighted by Crippen LogP contribution is -2.27. The van der Waals surface area contributed by atoms with Gasteiger partial charge in [0.15, 0.2) is 11.5 Å². The van der Waals surface area contributed by atoms with Gasteiger partial charge in [0.1, 0.15) is 19.0 Å². The smallest absolute Gasteiger partial charge is 0.241 e. The first-order valence-electron chi connectivity index (χ1n) is 7.56. The number of methoxy groups -OCH3 is 1. The number of hydrogen-bond acceptors (Lipinski definition) is 5. The maximum Gasteiger partial charge on any atom is 0.241 e. The Morgan fingerprint density at radius 3 is 2.54 bits per heavy atom. The second-order valence-corrected chi connectivity index (χ2v) is 7.10. The van der Waals surface area contributed by atoms with E-state index in [2.05, 4.69) is 4.72 Å². The Kier molecular flexibility index (Phi) is 4.64. The molecule has 1 aliphatic heterocycles. The van der Waals surface area contributed by atoms with Gasteiger partial charge in [-0.15, -0.1) is 0 Å². The highest BCUT2D eigenvalue weighted by molar-refractivity contribution is 7.89. The fraction of sp³-hybridized carbons (Fsp3) is 0.294. The van der Waals surface area contributed by atoms with Crippen molar-refractivity contribution in [2.45, 2.75) is 17.9 Å². The van der Waals surface area contributed by atoms with Crippen molar-refractivity contribution in [3.8, 4) is 17.2 Å². The third-order valence-corrected chi connectivity index (χ3v) is 5.30. The average Bonchev–Trinajstić information content (AvgIpc) is 2.60. The Morgan fingerprint density at radius 1 is 1.08 bits per heavy atom. The van der Waals surface area contributed by atoms with Crippen molar-refractivity contribution in [2.75, 3.05) is 20.3 Å². The van der Waals surface area contributed by atoms with Crippen LogP contribution < -0.4 is 18.9 Å². The summed E-state index contributed by atoms with van der Waals surface area (Å²) in [4.78, 5) is 0.133. The molecule has 0 amide bonds. The summed E-state index contributed by atoms with van der Waals surface area (Å²) in [6.07, 6.45) is 0. The van der Waals surface area contributed by atoms with Crippen LogP contribution in [0.2, 0.25) is 0 Å². The van der Waals surface area contributed by atoms with Crippen LogP contribution in [0.15, 0.2) is 47.4 Å². The molecule has 0 bridgehead atoms. The van der Waals surface area contributed by atoms with Gasteiger partial charge in [0, 0.05) is 17.7 Å². The molecule has 7 heteroatoms. The van der Waals surface area contributed by atoms with E-state index in [-0.39, 0.29) is 4.90 Å². The first-order valence-corrected chi connectivity index (χ1v) is 9.04. The number of nitrogens with one attached hydrogen (secondary N) is 1. The molecule has 0 radical (unpaired) electrons. The van der Waals surface area contributed by atoms with Crippen LogP contribution in [0.5, 0.6) is 17.2 Å². The Hall–Kier alpha value is -2.25. The zero-order valence-electron chi connectivity index (χ0n) is 13.5. The van der Waals surface area contributed by atoms with E-state index < -0.39 is 16.1 Å². The fourth-order valence-electron chi connectivity index (χ4n) is 2.58. The molecule has 1 atom stereocenters. The molecule has 1 N–H and O–H groups in total. The molecule has 0 aromatic heterocycles. The van der Waals surface area contributed by atoms with Gasteiger partial charge in [-0.25, -0.2) is 13.1 Å². The number of ether oxygens (including phenoxy) is 3. The molecule has 0 saturated carbocycles. The molecule has 1 aliphatic rings. The van der Waals surface area contributed by atoms with Crippen molar-refractivity contribution in [3.05, 3.63) is 48.0 Å². The minimum absolute atomic E-state index is 0.133. The van der Waals surface area contributed by atoms with Gasteiger partial charge in [-0.1, -0.05) is 18.2 Å². The lowest BCUT2D eigenvalue weighted by atomic mass is 10.1. The molecule has 2 aromatic carbocycles. The van der Waals surface area contributed by atoms with Gasteiger partial charge in [0.2, 0.25) is 10.0 Å². The van der Waals surface area contributed by atoms with E-state index in [0.717, 1.165) is 5.56 Å². The molecule has 0 fully saturated rings. The first kappa shape index (κ1) is 16.6. The minimum Gasteiger partial charge on any atom is -0.496 e. The molecule has 6 nitrogen and oxygen atoms in total. The van der Waals surface area contributed by atoms with Crippen molar-refractivity contribution < 1.29 is 22.6 Å². The quantitative estimate of drug-likeness (QED) is 0.898. The zero-order valence-corrected chi connectivity index (χ0v) is 14.3. The van der Waals surface area contributed by atoms with Gasteiger partial charge in [-0.3, -0.25) is 0 Å². The number of sulfonamides is 1. The van der Waals surface area contributed by atoms with Crippen LogP contribution in [0.3, 0.4) is 0 Å². The maximum absolute atomic E-state index is 12.7. The van der Waals surface area contributed by atoms with E-state index in [0.29, 0.717) is 30.5 Å². The Bertz CT molecular complexity index is 835. The highest BCUT2D eigenvalue weighted by Crippen LogP contribution is 2.33. The summed E-state index contributed by atoms with van der Waals surface area (Å²) < 4.78 is 44.1. The van der Waals surface area contributed by atoms with E-state index in [1.165, 1.54) is 12.1 Å². The second kappa shape index (κ2) is 6.70. The third kappa shape index (κ3) is 3.32. The van der Waals surface area contributed by atoms with Crippen molar-refractivity contribution in [3.63, 3.8) is 0 Å². The monoisotopic (exact) mass is 349 g/mol. The van der Waals surface area contributed by atoms with Gasteiger partial charge in [-0.2, -0.15) is 0 Å². The number of fused-ring (bicyclic) bond motifs is 1. The van der Waals surface area contributed by atoms with E-state index in [1.54, 1.807) is 26.2 Å². The highest BCUT2D eigenvalue weighted by atomic mass is 32.2. The predicted octanol–water partition coefficient (Wildman–Crippen LogP) is 2.51. The zero-order chi connectivity index (χ0) is 17.2. The van der Waals surface area contributed by atoms with E-state index in [9.17, 15) is 8.42 Å². The highest BCUT2D eigenvalue weighted by Gasteiger charge is 2.23. The van der Waals surface area contributed by atoms with Crippen molar-refractivity contribution in [1.29, 1.82) is 0 Å². The Morgan fingerprint density at radius 2 is 1.79 bits per heavy atom. The molecule has 128 valence electrons. The normalized spacial score (nSPS) is 14.9. The summed E-state index contributed by atoms with van der Waals surface area (Å²) in [6.45, 7) is 2.64. The molecule has 0 saturated heterocycles. The summed E-state index contributed by atoms with van der Waals surface area (Å²) in [5.41, 5.74) is 0.765. The molecular formula is C17H19NO5S. The van der Waals surface area contributed by atoms with Crippen LogP contribution in [-0.2, 0) is 10.0 Å². The van der Waals surface area contributed by atoms with Gasteiger partial charge >= 0.3 is 0 Å². The lowest BCUT2D eigenvalue weighted by Gasteiger charge is -2.20. The standard InChI is InChI=1S/C17H19NO5S/c1-12(14-5-3-4-6-15(14)21-2)18-24(19,20)13-7-8-16-17(11-13)23-10-9-22-16/h3-8,11-12,18H,9-10H2,1-2H3. The van der Waals surface area contributed by atoms with Gasteiger partial charge in [0.25, 0.3) is 0 Å². The fourth-order valence-corrected chi connectivity index (χ4v) is 3.82. The summed E-state index contributed by atoms with van der Waals surface area (Å²) in [6, 6.07) is 11.4. The third-order valence-electron chi connectivity index (χ3n) is 3.76. The summed E-state index contributed by atoms with van der Waals surface area (Å²) in [5.74, 6) is 1.63.